The van der Waals surface area contributed by atoms with E-state index in [1.807, 2.05) is 30.3 Å². The first kappa shape index (κ1) is 18.9. The Labute approximate surface area is 155 Å². The first-order valence-corrected chi connectivity index (χ1v) is 9.93. The molecule has 1 aromatic carbocycles. The Kier molecular flexibility index (Phi) is 5.95. The SMILES string of the molecule is CCCCC1CCC(C2(F)C=CC(C(=O)O)=C(c3ccccc3)C2)CC1. The highest BCUT2D eigenvalue weighted by Crippen LogP contribution is 2.47. The second-order valence-corrected chi connectivity index (χ2v) is 7.86. The largest absolute Gasteiger partial charge is 0.478 e. The number of carboxylic acid groups (broad SMARTS) is 1. The van der Waals surface area contributed by atoms with E-state index in [9.17, 15) is 9.90 Å². The van der Waals surface area contributed by atoms with Gasteiger partial charge in [0, 0.05) is 6.42 Å². The number of aliphatic carboxylic acids is 1. The first-order chi connectivity index (χ1) is 12.5. The van der Waals surface area contributed by atoms with E-state index in [1.54, 1.807) is 0 Å². The van der Waals surface area contributed by atoms with Crippen LogP contribution in [0, 0.1) is 11.8 Å². The van der Waals surface area contributed by atoms with E-state index < -0.39 is 11.6 Å². The fourth-order valence-electron chi connectivity index (χ4n) is 4.55. The van der Waals surface area contributed by atoms with Crippen molar-refractivity contribution in [2.24, 2.45) is 11.8 Å². The van der Waals surface area contributed by atoms with Crippen molar-refractivity contribution in [3.8, 4) is 0 Å². The Hall–Kier alpha value is -1.90. The number of carbonyl (C=O) groups is 1. The molecule has 1 unspecified atom stereocenters. The lowest BCUT2D eigenvalue weighted by atomic mass is 9.69. The van der Waals surface area contributed by atoms with E-state index in [4.69, 9.17) is 0 Å². The van der Waals surface area contributed by atoms with Crippen LogP contribution in [0.1, 0.15) is 63.9 Å². The molecule has 1 N–H and O–H groups in total. The van der Waals surface area contributed by atoms with Crippen LogP contribution in [0.25, 0.3) is 5.57 Å². The van der Waals surface area contributed by atoms with Crippen LogP contribution in [0.4, 0.5) is 4.39 Å². The molecule has 0 aliphatic heterocycles. The molecule has 0 radical (unpaired) electrons. The molecular formula is C23H29FO2. The molecule has 1 aromatic rings. The topological polar surface area (TPSA) is 37.3 Å². The second-order valence-electron chi connectivity index (χ2n) is 7.86. The zero-order valence-corrected chi connectivity index (χ0v) is 15.6. The monoisotopic (exact) mass is 356 g/mol. The van der Waals surface area contributed by atoms with Gasteiger partial charge in [0.15, 0.2) is 0 Å². The minimum absolute atomic E-state index is 0.00863. The molecule has 2 nitrogen and oxygen atoms in total. The number of hydrogen-bond acceptors (Lipinski definition) is 1. The highest BCUT2D eigenvalue weighted by atomic mass is 19.1. The van der Waals surface area contributed by atoms with Crippen LogP contribution in [0.3, 0.4) is 0 Å². The number of alkyl halides is 1. The van der Waals surface area contributed by atoms with E-state index in [2.05, 4.69) is 6.92 Å². The summed E-state index contributed by atoms with van der Waals surface area (Å²) in [7, 11) is 0. The minimum atomic E-state index is -1.43. The molecule has 3 rings (SSSR count). The second kappa shape index (κ2) is 8.20. The Morgan fingerprint density at radius 1 is 1.19 bits per heavy atom. The maximum absolute atomic E-state index is 15.9. The molecule has 2 aliphatic carbocycles. The Balaban J connectivity index is 1.77. The van der Waals surface area contributed by atoms with Crippen LogP contribution in [0.5, 0.6) is 0 Å². The summed E-state index contributed by atoms with van der Waals surface area (Å²) in [6.07, 6.45) is 10.9. The first-order valence-electron chi connectivity index (χ1n) is 9.93. The maximum Gasteiger partial charge on any atom is 0.335 e. The third-order valence-electron chi connectivity index (χ3n) is 6.14. The molecule has 0 heterocycles. The molecule has 1 atom stereocenters. The van der Waals surface area contributed by atoms with Crippen molar-refractivity contribution in [1.29, 1.82) is 0 Å². The number of carboxylic acids is 1. The van der Waals surface area contributed by atoms with Crippen molar-refractivity contribution in [2.45, 2.75) is 64.0 Å². The van der Waals surface area contributed by atoms with Gasteiger partial charge in [-0.05, 0) is 48.0 Å². The van der Waals surface area contributed by atoms with Crippen LogP contribution < -0.4 is 0 Å². The van der Waals surface area contributed by atoms with Crippen molar-refractivity contribution in [1.82, 2.24) is 0 Å². The minimum Gasteiger partial charge on any atom is -0.478 e. The van der Waals surface area contributed by atoms with Gasteiger partial charge in [0.2, 0.25) is 0 Å². The summed E-state index contributed by atoms with van der Waals surface area (Å²) >= 11 is 0. The summed E-state index contributed by atoms with van der Waals surface area (Å²) in [4.78, 5) is 11.6. The molecule has 0 bridgehead atoms. The van der Waals surface area contributed by atoms with Crippen molar-refractivity contribution >= 4 is 11.5 Å². The van der Waals surface area contributed by atoms with E-state index in [1.165, 1.54) is 31.4 Å². The Morgan fingerprint density at radius 3 is 2.50 bits per heavy atom. The van der Waals surface area contributed by atoms with Gasteiger partial charge >= 0.3 is 5.97 Å². The van der Waals surface area contributed by atoms with E-state index in [0.29, 0.717) is 5.57 Å². The number of halogens is 1. The molecule has 140 valence electrons. The highest BCUT2D eigenvalue weighted by Gasteiger charge is 2.42. The quantitative estimate of drug-likeness (QED) is 0.660. The molecule has 26 heavy (non-hydrogen) atoms. The van der Waals surface area contributed by atoms with Gasteiger partial charge in [0.1, 0.15) is 5.67 Å². The Morgan fingerprint density at radius 2 is 1.88 bits per heavy atom. The highest BCUT2D eigenvalue weighted by molar-refractivity contribution is 6.00. The summed E-state index contributed by atoms with van der Waals surface area (Å²) in [5.41, 5.74) is 0.227. The van der Waals surface area contributed by atoms with Crippen molar-refractivity contribution in [3.05, 3.63) is 53.6 Å². The third-order valence-corrected chi connectivity index (χ3v) is 6.14. The van der Waals surface area contributed by atoms with E-state index in [-0.39, 0.29) is 17.9 Å². The molecule has 0 saturated heterocycles. The molecule has 3 heteroatoms. The van der Waals surface area contributed by atoms with Gasteiger partial charge in [-0.1, -0.05) is 69.4 Å². The lowest BCUT2D eigenvalue weighted by Gasteiger charge is -2.39. The smallest absolute Gasteiger partial charge is 0.335 e. The average molecular weight is 356 g/mol. The fourth-order valence-corrected chi connectivity index (χ4v) is 4.55. The number of benzene rings is 1. The Bertz CT molecular complexity index is 683. The van der Waals surface area contributed by atoms with Crippen LogP contribution >= 0.6 is 0 Å². The standard InChI is InChI=1S/C23H29FO2/c1-2-3-7-17-10-12-19(13-11-17)23(24)15-14-20(22(25)26)21(16-23)18-8-5-4-6-9-18/h4-6,8-9,14-15,17,19H,2-3,7,10-13,16H2,1H3,(H,25,26). The van der Waals surface area contributed by atoms with Crippen LogP contribution in [0.2, 0.25) is 0 Å². The van der Waals surface area contributed by atoms with Gasteiger partial charge in [-0.15, -0.1) is 0 Å². The van der Waals surface area contributed by atoms with Crippen molar-refractivity contribution in [2.75, 3.05) is 0 Å². The fraction of sp³-hybridized carbons (Fsp3) is 0.522. The van der Waals surface area contributed by atoms with Crippen molar-refractivity contribution in [3.63, 3.8) is 0 Å². The molecule has 0 spiro atoms. The number of hydrogen-bond donors (Lipinski definition) is 1. The predicted octanol–water partition coefficient (Wildman–Crippen LogP) is 6.19. The molecular weight excluding hydrogens is 327 g/mol. The van der Waals surface area contributed by atoms with Gasteiger partial charge in [-0.3, -0.25) is 0 Å². The molecule has 1 fully saturated rings. The molecule has 0 aromatic heterocycles. The summed E-state index contributed by atoms with van der Waals surface area (Å²) in [5, 5.41) is 9.54. The summed E-state index contributed by atoms with van der Waals surface area (Å²) < 4.78 is 15.9. The maximum atomic E-state index is 15.9. The number of allylic oxidation sites excluding steroid dienone is 2. The lowest BCUT2D eigenvalue weighted by molar-refractivity contribution is -0.132. The van der Waals surface area contributed by atoms with Gasteiger partial charge in [-0.2, -0.15) is 0 Å². The van der Waals surface area contributed by atoms with E-state index in [0.717, 1.165) is 37.2 Å². The van der Waals surface area contributed by atoms with Crippen LogP contribution in [0.15, 0.2) is 48.1 Å². The van der Waals surface area contributed by atoms with Crippen LogP contribution in [-0.2, 0) is 4.79 Å². The molecule has 2 aliphatic rings. The predicted molar refractivity (Wildman–Crippen MR) is 104 cm³/mol. The lowest BCUT2D eigenvalue weighted by Crippen LogP contribution is -2.36. The zero-order chi connectivity index (χ0) is 18.6. The number of unbranched alkanes of at least 4 members (excludes halogenated alkanes) is 1. The van der Waals surface area contributed by atoms with Crippen LogP contribution in [-0.4, -0.2) is 16.7 Å². The van der Waals surface area contributed by atoms with Crippen molar-refractivity contribution < 1.29 is 14.3 Å². The third kappa shape index (κ3) is 4.08. The average Bonchev–Trinajstić information content (AvgIpc) is 2.67. The van der Waals surface area contributed by atoms with E-state index >= 15 is 4.39 Å². The number of rotatable bonds is 6. The van der Waals surface area contributed by atoms with Gasteiger partial charge < -0.3 is 5.11 Å². The zero-order valence-electron chi connectivity index (χ0n) is 15.6. The molecule has 1 saturated carbocycles. The molecule has 0 amide bonds. The summed E-state index contributed by atoms with van der Waals surface area (Å²) in [6, 6.07) is 9.39. The van der Waals surface area contributed by atoms with Gasteiger partial charge in [0.25, 0.3) is 0 Å². The summed E-state index contributed by atoms with van der Waals surface area (Å²) in [5.74, 6) is -0.253. The normalized spacial score (nSPS) is 29.0. The summed E-state index contributed by atoms with van der Waals surface area (Å²) in [6.45, 7) is 2.21. The van der Waals surface area contributed by atoms with Gasteiger partial charge in [-0.25, -0.2) is 9.18 Å². The van der Waals surface area contributed by atoms with Gasteiger partial charge in [0.05, 0.1) is 5.57 Å².